The van der Waals surface area contributed by atoms with Crippen LogP contribution in [0.25, 0.3) is 0 Å². The number of thioether (sulfide) groups is 1. The molecule has 1 aromatic rings. The molecule has 104 valence electrons. The van der Waals surface area contributed by atoms with Crippen LogP contribution in [0.15, 0.2) is 18.3 Å². The molecule has 1 amide bonds. The molecular formula is C14H21N3OS. The monoisotopic (exact) mass is 279 g/mol. The number of rotatable bonds is 2. The zero-order valence-electron chi connectivity index (χ0n) is 11.8. The van der Waals surface area contributed by atoms with Crippen LogP contribution in [0.3, 0.4) is 0 Å². The Morgan fingerprint density at radius 2 is 2.26 bits per heavy atom. The van der Waals surface area contributed by atoms with E-state index in [2.05, 4.69) is 24.1 Å². The SMILES string of the molecule is CNc1ncccc1C(=O)N1CCSC(C)(C)CC1. The highest BCUT2D eigenvalue weighted by atomic mass is 32.2. The van der Waals surface area contributed by atoms with E-state index in [0.717, 1.165) is 25.3 Å². The number of nitrogens with zero attached hydrogens (tertiary/aromatic N) is 2. The van der Waals surface area contributed by atoms with Gasteiger partial charge in [-0.3, -0.25) is 4.79 Å². The summed E-state index contributed by atoms with van der Waals surface area (Å²) in [5.41, 5.74) is 0.662. The molecule has 1 N–H and O–H groups in total. The number of amides is 1. The summed E-state index contributed by atoms with van der Waals surface area (Å²) >= 11 is 1.94. The molecule has 1 aliphatic rings. The molecule has 5 heteroatoms. The zero-order valence-corrected chi connectivity index (χ0v) is 12.6. The Bertz CT molecular complexity index is 462. The number of anilines is 1. The molecule has 0 bridgehead atoms. The van der Waals surface area contributed by atoms with Gasteiger partial charge in [0.05, 0.1) is 5.56 Å². The largest absolute Gasteiger partial charge is 0.372 e. The van der Waals surface area contributed by atoms with Crippen LogP contribution in [-0.4, -0.2) is 46.4 Å². The Morgan fingerprint density at radius 3 is 3.00 bits per heavy atom. The van der Waals surface area contributed by atoms with Gasteiger partial charge in [-0.15, -0.1) is 0 Å². The Kier molecular flexibility index (Phi) is 4.34. The maximum Gasteiger partial charge on any atom is 0.257 e. The quantitative estimate of drug-likeness (QED) is 0.903. The number of aromatic nitrogens is 1. The molecule has 1 aromatic heterocycles. The second-order valence-electron chi connectivity index (χ2n) is 5.30. The summed E-state index contributed by atoms with van der Waals surface area (Å²) in [5.74, 6) is 1.73. The van der Waals surface area contributed by atoms with Crippen LogP contribution >= 0.6 is 11.8 Å². The van der Waals surface area contributed by atoms with Crippen LogP contribution in [0.4, 0.5) is 5.82 Å². The summed E-state index contributed by atoms with van der Waals surface area (Å²) in [4.78, 5) is 18.7. The van der Waals surface area contributed by atoms with Gasteiger partial charge in [-0.2, -0.15) is 11.8 Å². The second-order valence-corrected chi connectivity index (χ2v) is 7.10. The van der Waals surface area contributed by atoms with Crippen molar-refractivity contribution in [3.63, 3.8) is 0 Å². The first-order chi connectivity index (χ1) is 9.03. The van der Waals surface area contributed by atoms with Gasteiger partial charge in [0.2, 0.25) is 0 Å². The van der Waals surface area contributed by atoms with Gasteiger partial charge in [0, 0.05) is 36.8 Å². The molecule has 0 unspecified atom stereocenters. The summed E-state index contributed by atoms with van der Waals surface area (Å²) < 4.78 is 0.260. The molecule has 0 saturated carbocycles. The Hall–Kier alpha value is -1.23. The number of nitrogens with one attached hydrogen (secondary N) is 1. The predicted octanol–water partition coefficient (Wildman–Crippen LogP) is 2.48. The van der Waals surface area contributed by atoms with E-state index in [9.17, 15) is 4.79 Å². The van der Waals surface area contributed by atoms with E-state index in [1.54, 1.807) is 13.2 Å². The smallest absolute Gasteiger partial charge is 0.257 e. The first-order valence-electron chi connectivity index (χ1n) is 6.59. The van der Waals surface area contributed by atoms with Gasteiger partial charge >= 0.3 is 0 Å². The van der Waals surface area contributed by atoms with Gasteiger partial charge in [-0.25, -0.2) is 4.98 Å². The minimum atomic E-state index is 0.0794. The van der Waals surface area contributed by atoms with Crippen molar-refractivity contribution in [3.8, 4) is 0 Å². The number of carbonyl (C=O) groups excluding carboxylic acids is 1. The highest BCUT2D eigenvalue weighted by Crippen LogP contribution is 2.31. The van der Waals surface area contributed by atoms with Crippen LogP contribution in [0.1, 0.15) is 30.6 Å². The molecule has 0 aromatic carbocycles. The minimum absolute atomic E-state index is 0.0794. The molecule has 2 heterocycles. The van der Waals surface area contributed by atoms with E-state index in [1.807, 2.05) is 28.8 Å². The first kappa shape index (κ1) is 14.2. The van der Waals surface area contributed by atoms with Crippen LogP contribution in [0, 0.1) is 0 Å². The number of hydrogen-bond donors (Lipinski definition) is 1. The fraction of sp³-hybridized carbons (Fsp3) is 0.571. The predicted molar refractivity (Wildman–Crippen MR) is 80.8 cm³/mol. The average molecular weight is 279 g/mol. The van der Waals surface area contributed by atoms with E-state index in [0.29, 0.717) is 11.4 Å². The topological polar surface area (TPSA) is 45.2 Å². The molecule has 4 nitrogen and oxygen atoms in total. The third-order valence-corrected chi connectivity index (χ3v) is 4.77. The molecule has 19 heavy (non-hydrogen) atoms. The van der Waals surface area contributed by atoms with Crippen molar-refractivity contribution in [2.45, 2.75) is 25.0 Å². The van der Waals surface area contributed by atoms with Crippen molar-refractivity contribution < 1.29 is 4.79 Å². The lowest BCUT2D eigenvalue weighted by molar-refractivity contribution is 0.0765. The molecule has 1 saturated heterocycles. The molecule has 0 radical (unpaired) electrons. The van der Waals surface area contributed by atoms with Crippen molar-refractivity contribution in [1.82, 2.24) is 9.88 Å². The van der Waals surface area contributed by atoms with E-state index < -0.39 is 0 Å². The van der Waals surface area contributed by atoms with Crippen molar-refractivity contribution in [3.05, 3.63) is 23.9 Å². The molecule has 0 aliphatic carbocycles. The van der Waals surface area contributed by atoms with E-state index in [-0.39, 0.29) is 10.7 Å². The van der Waals surface area contributed by atoms with Gasteiger partial charge < -0.3 is 10.2 Å². The van der Waals surface area contributed by atoms with Crippen molar-refractivity contribution in [1.29, 1.82) is 0 Å². The zero-order chi connectivity index (χ0) is 13.9. The Morgan fingerprint density at radius 1 is 1.47 bits per heavy atom. The fourth-order valence-corrected chi connectivity index (χ4v) is 3.27. The van der Waals surface area contributed by atoms with Crippen LogP contribution in [-0.2, 0) is 0 Å². The van der Waals surface area contributed by atoms with Gasteiger partial charge in [-0.05, 0) is 18.6 Å². The molecular weight excluding hydrogens is 258 g/mol. The van der Waals surface area contributed by atoms with Crippen LogP contribution < -0.4 is 5.32 Å². The summed E-state index contributed by atoms with van der Waals surface area (Å²) in [6, 6.07) is 3.65. The van der Waals surface area contributed by atoms with E-state index in [4.69, 9.17) is 0 Å². The summed E-state index contributed by atoms with van der Waals surface area (Å²) in [7, 11) is 1.79. The number of hydrogen-bond acceptors (Lipinski definition) is 4. The van der Waals surface area contributed by atoms with Crippen LogP contribution in [0.2, 0.25) is 0 Å². The maximum atomic E-state index is 12.6. The Balaban J connectivity index is 2.15. The molecule has 2 rings (SSSR count). The number of pyridine rings is 1. The maximum absolute atomic E-state index is 12.6. The fourth-order valence-electron chi connectivity index (χ4n) is 2.17. The van der Waals surface area contributed by atoms with E-state index in [1.165, 1.54) is 0 Å². The van der Waals surface area contributed by atoms with Crippen molar-refractivity contribution >= 4 is 23.5 Å². The molecule has 1 fully saturated rings. The highest BCUT2D eigenvalue weighted by Gasteiger charge is 2.27. The number of carbonyl (C=O) groups is 1. The van der Waals surface area contributed by atoms with Crippen LogP contribution in [0.5, 0.6) is 0 Å². The summed E-state index contributed by atoms with van der Waals surface area (Å²) in [6.45, 7) is 6.12. The lowest BCUT2D eigenvalue weighted by atomic mass is 10.1. The molecule has 0 atom stereocenters. The standard InChI is InChI=1S/C14H21N3OS/c1-14(2)6-8-17(9-10-19-14)13(18)11-5-4-7-16-12(11)15-3/h4-5,7H,6,8-10H2,1-3H3,(H,15,16). The second kappa shape index (κ2) is 5.82. The minimum Gasteiger partial charge on any atom is -0.372 e. The Labute approximate surface area is 119 Å². The van der Waals surface area contributed by atoms with E-state index >= 15 is 0 Å². The van der Waals surface area contributed by atoms with Gasteiger partial charge in [0.1, 0.15) is 5.82 Å². The molecule has 0 spiro atoms. The third kappa shape index (κ3) is 3.41. The summed E-state index contributed by atoms with van der Waals surface area (Å²) in [5, 5.41) is 2.98. The molecule has 1 aliphatic heterocycles. The lowest BCUT2D eigenvalue weighted by Gasteiger charge is -2.23. The van der Waals surface area contributed by atoms with Crippen molar-refractivity contribution in [2.75, 3.05) is 31.2 Å². The first-order valence-corrected chi connectivity index (χ1v) is 7.58. The van der Waals surface area contributed by atoms with Crippen molar-refractivity contribution in [2.24, 2.45) is 0 Å². The van der Waals surface area contributed by atoms with Gasteiger partial charge in [0.25, 0.3) is 5.91 Å². The lowest BCUT2D eigenvalue weighted by Crippen LogP contribution is -2.34. The summed E-state index contributed by atoms with van der Waals surface area (Å²) in [6.07, 6.45) is 2.72. The third-order valence-electron chi connectivity index (χ3n) is 3.40. The van der Waals surface area contributed by atoms with Gasteiger partial charge in [0.15, 0.2) is 0 Å². The average Bonchev–Trinajstić information content (AvgIpc) is 2.59. The highest BCUT2D eigenvalue weighted by molar-refractivity contribution is 8.00. The normalized spacial score (nSPS) is 18.8. The van der Waals surface area contributed by atoms with Gasteiger partial charge in [-0.1, -0.05) is 13.8 Å².